The normalized spacial score (nSPS) is 12.0. The van der Waals surface area contributed by atoms with Gasteiger partial charge in [-0.3, -0.25) is 4.79 Å². The molecule has 0 aromatic carbocycles. The maximum atomic E-state index is 11.4. The quantitative estimate of drug-likeness (QED) is 0.498. The van der Waals surface area contributed by atoms with Crippen LogP contribution in [-0.4, -0.2) is 44.6 Å². The number of amides is 1. The van der Waals surface area contributed by atoms with Crippen LogP contribution in [0.2, 0.25) is 0 Å². The number of nitrogens with zero attached hydrogens (tertiary/aromatic N) is 1. The van der Waals surface area contributed by atoms with Crippen LogP contribution >= 0.6 is 0 Å². The number of quaternary nitrogens is 1. The van der Waals surface area contributed by atoms with Crippen LogP contribution in [0.4, 0.5) is 0 Å². The summed E-state index contributed by atoms with van der Waals surface area (Å²) < 4.78 is 0.886. The molecular weight excluding hydrogens is 200 g/mol. The van der Waals surface area contributed by atoms with E-state index in [9.17, 15) is 4.79 Å². The number of hydrogen-bond acceptors (Lipinski definition) is 1. The van der Waals surface area contributed by atoms with Crippen LogP contribution in [0.5, 0.6) is 0 Å². The third kappa shape index (κ3) is 11.2. The Morgan fingerprint density at radius 2 is 1.81 bits per heavy atom. The summed E-state index contributed by atoms with van der Waals surface area (Å²) in [5, 5.41) is 2.94. The molecule has 0 saturated heterocycles. The smallest absolute Gasteiger partial charge is 0.220 e. The van der Waals surface area contributed by atoms with Gasteiger partial charge in [-0.05, 0) is 12.8 Å². The number of hydrogen-bond donors (Lipinski definition) is 1. The van der Waals surface area contributed by atoms with Gasteiger partial charge in [0.2, 0.25) is 5.91 Å². The summed E-state index contributed by atoms with van der Waals surface area (Å²) in [6, 6.07) is 0. The number of allylic oxidation sites excluding steroid dienone is 2. The first kappa shape index (κ1) is 15.2. The van der Waals surface area contributed by atoms with Crippen LogP contribution in [0.1, 0.15) is 32.6 Å². The molecule has 0 aromatic rings. The summed E-state index contributed by atoms with van der Waals surface area (Å²) >= 11 is 0. The van der Waals surface area contributed by atoms with Gasteiger partial charge in [0.25, 0.3) is 0 Å². The number of nitrogens with one attached hydrogen (secondary N) is 1. The average Bonchev–Trinajstić information content (AvgIpc) is 2.15. The third-order valence-electron chi connectivity index (χ3n) is 2.26. The Balaban J connectivity index is 3.45. The zero-order chi connectivity index (χ0) is 12.4. The van der Waals surface area contributed by atoms with E-state index < -0.39 is 0 Å². The molecule has 0 atom stereocenters. The molecule has 0 unspecified atom stereocenters. The molecule has 3 nitrogen and oxygen atoms in total. The largest absolute Gasteiger partial charge is 0.350 e. The van der Waals surface area contributed by atoms with Crippen molar-refractivity contribution in [2.45, 2.75) is 32.6 Å². The van der Waals surface area contributed by atoms with Crippen LogP contribution < -0.4 is 5.32 Å². The lowest BCUT2D eigenvalue weighted by Gasteiger charge is -2.23. The zero-order valence-corrected chi connectivity index (χ0v) is 11.3. The van der Waals surface area contributed by atoms with Crippen LogP contribution in [0, 0.1) is 0 Å². The molecule has 3 heteroatoms. The van der Waals surface area contributed by atoms with Gasteiger partial charge in [-0.15, -0.1) is 0 Å². The third-order valence-corrected chi connectivity index (χ3v) is 2.26. The highest BCUT2D eigenvalue weighted by Gasteiger charge is 2.06. The van der Waals surface area contributed by atoms with Crippen LogP contribution in [0.15, 0.2) is 12.2 Å². The fourth-order valence-electron chi connectivity index (χ4n) is 1.24. The molecule has 0 radical (unpaired) electrons. The van der Waals surface area contributed by atoms with Gasteiger partial charge in [0.1, 0.15) is 0 Å². The number of unbranched alkanes of at least 4 members (excludes halogenated alkanes) is 1. The van der Waals surface area contributed by atoms with Crippen molar-refractivity contribution in [1.82, 2.24) is 5.32 Å². The molecule has 0 saturated carbocycles. The first-order valence-corrected chi connectivity index (χ1v) is 6.18. The molecule has 0 fully saturated rings. The summed E-state index contributed by atoms with van der Waals surface area (Å²) in [6.07, 6.45) is 8.01. The summed E-state index contributed by atoms with van der Waals surface area (Å²) in [5.41, 5.74) is 0. The van der Waals surface area contributed by atoms with E-state index in [2.05, 4.69) is 45.5 Å². The first-order valence-electron chi connectivity index (χ1n) is 6.18. The lowest BCUT2D eigenvalue weighted by atomic mass is 10.2. The van der Waals surface area contributed by atoms with E-state index in [0.29, 0.717) is 6.42 Å². The Kier molecular flexibility index (Phi) is 7.90. The zero-order valence-electron chi connectivity index (χ0n) is 11.3. The first-order chi connectivity index (χ1) is 7.45. The molecule has 0 spiro atoms. The van der Waals surface area contributed by atoms with Gasteiger partial charge in [0, 0.05) is 6.42 Å². The van der Waals surface area contributed by atoms with Gasteiger partial charge in [0.05, 0.1) is 34.2 Å². The van der Waals surface area contributed by atoms with Crippen LogP contribution in [0.25, 0.3) is 0 Å². The molecule has 94 valence electrons. The Labute approximate surface area is 100 Å². The molecule has 0 rings (SSSR count). The van der Waals surface area contributed by atoms with Gasteiger partial charge >= 0.3 is 0 Å². The minimum atomic E-state index is 0.162. The molecule has 0 aliphatic rings. The Bertz CT molecular complexity index is 216. The highest BCUT2D eigenvalue weighted by atomic mass is 16.1. The number of likely N-dealkylation sites (N-methyl/N-ethyl adjacent to an activating group) is 1. The van der Waals surface area contributed by atoms with Crippen molar-refractivity contribution < 1.29 is 9.28 Å². The van der Waals surface area contributed by atoms with E-state index >= 15 is 0 Å². The predicted molar refractivity (Wildman–Crippen MR) is 69.2 cm³/mol. The van der Waals surface area contributed by atoms with Crippen molar-refractivity contribution in [3.05, 3.63) is 12.2 Å². The van der Waals surface area contributed by atoms with E-state index in [0.717, 1.165) is 30.4 Å². The van der Waals surface area contributed by atoms with Gasteiger partial charge < -0.3 is 9.80 Å². The molecule has 1 N–H and O–H groups in total. The summed E-state index contributed by atoms with van der Waals surface area (Å²) in [4.78, 5) is 11.4. The van der Waals surface area contributed by atoms with Crippen LogP contribution in [-0.2, 0) is 4.79 Å². The lowest BCUT2D eigenvalue weighted by molar-refractivity contribution is -0.869. The number of carbonyl (C=O) groups is 1. The van der Waals surface area contributed by atoms with Crippen molar-refractivity contribution in [2.75, 3.05) is 34.2 Å². The van der Waals surface area contributed by atoms with Crippen molar-refractivity contribution in [3.8, 4) is 0 Å². The van der Waals surface area contributed by atoms with Crippen LogP contribution in [0.3, 0.4) is 0 Å². The molecule has 1 amide bonds. The van der Waals surface area contributed by atoms with Gasteiger partial charge in [0.15, 0.2) is 0 Å². The molecular formula is C13H27N2O+. The predicted octanol–water partition coefficient (Wildman–Crippen LogP) is 1.95. The summed E-state index contributed by atoms with van der Waals surface area (Å²) in [5.74, 6) is 0.162. The Hall–Kier alpha value is -0.830. The average molecular weight is 227 g/mol. The van der Waals surface area contributed by atoms with Gasteiger partial charge in [-0.2, -0.15) is 0 Å². The van der Waals surface area contributed by atoms with Crippen molar-refractivity contribution in [2.24, 2.45) is 0 Å². The topological polar surface area (TPSA) is 29.1 Å². The van der Waals surface area contributed by atoms with E-state index in [1.54, 1.807) is 0 Å². The highest BCUT2D eigenvalue weighted by Crippen LogP contribution is 1.95. The molecule has 0 bridgehead atoms. The second-order valence-electron chi connectivity index (χ2n) is 5.16. The molecule has 0 aliphatic heterocycles. The lowest BCUT2D eigenvalue weighted by Crippen LogP contribution is -2.41. The monoisotopic (exact) mass is 227 g/mol. The molecule has 0 aromatic heterocycles. The fraction of sp³-hybridized carbons (Fsp3) is 0.769. The number of rotatable bonds is 8. The summed E-state index contributed by atoms with van der Waals surface area (Å²) in [6.45, 7) is 3.89. The Morgan fingerprint density at radius 3 is 2.38 bits per heavy atom. The van der Waals surface area contributed by atoms with Crippen molar-refractivity contribution >= 4 is 5.91 Å². The fourth-order valence-corrected chi connectivity index (χ4v) is 1.24. The van der Waals surface area contributed by atoms with Crippen molar-refractivity contribution in [1.29, 1.82) is 0 Å². The molecule has 0 heterocycles. The minimum Gasteiger partial charge on any atom is -0.350 e. The van der Waals surface area contributed by atoms with Gasteiger partial charge in [-0.25, -0.2) is 0 Å². The minimum absolute atomic E-state index is 0.162. The molecule has 16 heavy (non-hydrogen) atoms. The maximum absolute atomic E-state index is 11.4. The SMILES string of the molecule is CCC/C=C/CCC(=O)NCC[N+](C)(C)C. The van der Waals surface area contributed by atoms with E-state index in [-0.39, 0.29) is 5.91 Å². The van der Waals surface area contributed by atoms with Gasteiger partial charge in [-0.1, -0.05) is 25.5 Å². The van der Waals surface area contributed by atoms with E-state index in [1.165, 1.54) is 6.42 Å². The second-order valence-corrected chi connectivity index (χ2v) is 5.16. The maximum Gasteiger partial charge on any atom is 0.220 e. The Morgan fingerprint density at radius 1 is 1.19 bits per heavy atom. The highest BCUT2D eigenvalue weighted by molar-refractivity contribution is 5.75. The van der Waals surface area contributed by atoms with E-state index in [1.807, 2.05) is 0 Å². The molecule has 0 aliphatic carbocycles. The number of carbonyl (C=O) groups excluding carboxylic acids is 1. The summed E-state index contributed by atoms with van der Waals surface area (Å²) in [7, 11) is 6.37. The van der Waals surface area contributed by atoms with Crippen molar-refractivity contribution in [3.63, 3.8) is 0 Å². The second kappa shape index (κ2) is 8.34. The standard InChI is InChI=1S/C13H26N2O/c1-5-6-7-8-9-10-13(16)14-11-12-15(2,3)4/h7-8H,5-6,9-12H2,1-4H3/p+1/b8-7+. The van der Waals surface area contributed by atoms with E-state index in [4.69, 9.17) is 0 Å².